The van der Waals surface area contributed by atoms with Gasteiger partial charge in [0.2, 0.25) is 0 Å². The van der Waals surface area contributed by atoms with Gasteiger partial charge in [0, 0.05) is 17.6 Å². The molecular formula is C19H20N2O4. The van der Waals surface area contributed by atoms with Crippen LogP contribution in [0.1, 0.15) is 33.8 Å². The van der Waals surface area contributed by atoms with Gasteiger partial charge >= 0.3 is 12.1 Å². The number of rotatable bonds is 5. The molecule has 0 unspecified atom stereocenters. The third kappa shape index (κ3) is 4.36. The number of carbonyl (C=O) groups is 2. The second kappa shape index (κ2) is 7.36. The largest absolute Gasteiger partial charge is 0.465 e. The summed E-state index contributed by atoms with van der Waals surface area (Å²) in [6.07, 6.45) is 0.478. The summed E-state index contributed by atoms with van der Waals surface area (Å²) in [5.74, 6) is 0.0379. The molecule has 0 spiro atoms. The number of amides is 1. The molecule has 130 valence electrons. The summed E-state index contributed by atoms with van der Waals surface area (Å²) in [6, 6.07) is 14.6. The lowest BCUT2D eigenvalue weighted by Crippen LogP contribution is -2.13. The molecular weight excluding hydrogens is 320 g/mol. The van der Waals surface area contributed by atoms with Gasteiger partial charge in [-0.25, -0.2) is 9.59 Å². The monoisotopic (exact) mass is 340 g/mol. The number of nitrogens with one attached hydrogen (secondary N) is 1. The number of ether oxygens (including phenoxy) is 2. The number of hydrogen-bond donors (Lipinski definition) is 2. The fourth-order valence-electron chi connectivity index (χ4n) is 2.57. The molecule has 3 rings (SSSR count). The molecule has 1 saturated carbocycles. The number of hydrogen-bond acceptors (Lipinski definition) is 5. The van der Waals surface area contributed by atoms with Crippen LogP contribution in [0.15, 0.2) is 48.5 Å². The first-order valence-electron chi connectivity index (χ1n) is 8.03. The molecule has 0 aliphatic heterocycles. The molecule has 1 aliphatic rings. The molecule has 2 aromatic carbocycles. The summed E-state index contributed by atoms with van der Waals surface area (Å²) in [6.45, 7) is 0.184. The van der Waals surface area contributed by atoms with Crippen molar-refractivity contribution < 1.29 is 19.1 Å². The zero-order valence-electron chi connectivity index (χ0n) is 13.9. The Hall–Kier alpha value is -2.86. The second-order valence-electron chi connectivity index (χ2n) is 6.02. The normalized spacial score (nSPS) is 18.3. The molecule has 2 aromatic rings. The minimum atomic E-state index is -0.556. The molecule has 2 atom stereocenters. The molecule has 0 saturated heterocycles. The molecule has 1 aliphatic carbocycles. The molecule has 3 N–H and O–H groups in total. The average molecular weight is 340 g/mol. The Bertz CT molecular complexity index is 756. The number of carbonyl (C=O) groups excluding carboxylic acids is 2. The molecule has 1 fully saturated rings. The van der Waals surface area contributed by atoms with Crippen LogP contribution in [0.3, 0.4) is 0 Å². The van der Waals surface area contributed by atoms with Gasteiger partial charge in [0.15, 0.2) is 0 Å². The van der Waals surface area contributed by atoms with Crippen molar-refractivity contribution in [3.63, 3.8) is 0 Å². The van der Waals surface area contributed by atoms with Crippen molar-refractivity contribution in [3.8, 4) is 0 Å². The maximum Gasteiger partial charge on any atom is 0.411 e. The zero-order valence-corrected chi connectivity index (χ0v) is 13.9. The summed E-state index contributed by atoms with van der Waals surface area (Å²) in [5, 5.41) is 2.61. The smallest absolute Gasteiger partial charge is 0.411 e. The second-order valence-corrected chi connectivity index (χ2v) is 6.02. The highest BCUT2D eigenvalue weighted by Gasteiger charge is 2.34. The number of methoxy groups -OCH3 is 1. The Balaban J connectivity index is 1.48. The number of benzene rings is 2. The lowest BCUT2D eigenvalue weighted by atomic mass is 10.1. The highest BCUT2D eigenvalue weighted by atomic mass is 16.5. The van der Waals surface area contributed by atoms with Gasteiger partial charge in [0.05, 0.1) is 12.7 Å². The van der Waals surface area contributed by atoms with E-state index in [1.807, 2.05) is 24.3 Å². The Morgan fingerprint density at radius 1 is 1.12 bits per heavy atom. The van der Waals surface area contributed by atoms with E-state index in [2.05, 4.69) is 10.1 Å². The zero-order chi connectivity index (χ0) is 17.8. The van der Waals surface area contributed by atoms with E-state index in [0.717, 1.165) is 12.0 Å². The van der Waals surface area contributed by atoms with E-state index in [4.69, 9.17) is 10.5 Å². The van der Waals surface area contributed by atoms with E-state index >= 15 is 0 Å². The Kier molecular flexibility index (Phi) is 5.00. The van der Waals surface area contributed by atoms with E-state index in [9.17, 15) is 9.59 Å². The number of nitrogens with two attached hydrogens (primary N) is 1. The van der Waals surface area contributed by atoms with E-state index in [0.29, 0.717) is 17.2 Å². The quantitative estimate of drug-likeness (QED) is 0.817. The van der Waals surface area contributed by atoms with Crippen molar-refractivity contribution in [3.05, 3.63) is 65.2 Å². The van der Waals surface area contributed by atoms with Gasteiger partial charge in [-0.2, -0.15) is 0 Å². The summed E-state index contributed by atoms with van der Waals surface area (Å²) in [5.41, 5.74) is 8.93. The van der Waals surface area contributed by atoms with Crippen LogP contribution in [0.5, 0.6) is 0 Å². The molecule has 25 heavy (non-hydrogen) atoms. The van der Waals surface area contributed by atoms with E-state index in [-0.39, 0.29) is 12.6 Å². The van der Waals surface area contributed by atoms with Gasteiger partial charge in [-0.1, -0.05) is 24.3 Å². The van der Waals surface area contributed by atoms with Crippen molar-refractivity contribution >= 4 is 17.7 Å². The highest BCUT2D eigenvalue weighted by Crippen LogP contribution is 2.38. The maximum absolute atomic E-state index is 11.8. The standard InChI is InChI=1S/C19H20N2O4/c1-24-18(22)14-6-8-15(9-7-14)21-19(23)25-11-12-2-4-13(5-3-12)16-10-17(16)20/h2-9,16-17H,10-11,20H2,1H3,(H,21,23)/t16-,17+/m0/s1. The van der Waals surface area contributed by atoms with Crippen molar-refractivity contribution in [1.82, 2.24) is 0 Å². The minimum Gasteiger partial charge on any atom is -0.465 e. The first-order valence-corrected chi connectivity index (χ1v) is 8.03. The molecule has 0 radical (unpaired) electrons. The molecule has 6 nitrogen and oxygen atoms in total. The Morgan fingerprint density at radius 2 is 1.76 bits per heavy atom. The third-order valence-electron chi connectivity index (χ3n) is 4.17. The molecule has 0 aromatic heterocycles. The van der Waals surface area contributed by atoms with Crippen LogP contribution in [0.25, 0.3) is 0 Å². The van der Waals surface area contributed by atoms with Crippen LogP contribution < -0.4 is 11.1 Å². The predicted octanol–water partition coefficient (Wildman–Crippen LogP) is 3.04. The van der Waals surface area contributed by atoms with Crippen molar-refractivity contribution in [1.29, 1.82) is 0 Å². The topological polar surface area (TPSA) is 90.6 Å². The Labute approximate surface area is 145 Å². The molecule has 1 amide bonds. The first kappa shape index (κ1) is 17.0. The number of esters is 1. The number of anilines is 1. The summed E-state index contributed by atoms with van der Waals surface area (Å²) < 4.78 is 9.82. The molecule has 0 bridgehead atoms. The summed E-state index contributed by atoms with van der Waals surface area (Å²) in [4.78, 5) is 23.2. The van der Waals surface area contributed by atoms with Crippen LogP contribution in [0, 0.1) is 0 Å². The fraction of sp³-hybridized carbons (Fsp3) is 0.263. The third-order valence-corrected chi connectivity index (χ3v) is 4.17. The fourth-order valence-corrected chi connectivity index (χ4v) is 2.57. The lowest BCUT2D eigenvalue weighted by Gasteiger charge is -2.08. The van der Waals surface area contributed by atoms with Gasteiger partial charge < -0.3 is 15.2 Å². The van der Waals surface area contributed by atoms with Crippen molar-refractivity contribution in [2.45, 2.75) is 25.0 Å². The molecule has 0 heterocycles. The van der Waals surface area contributed by atoms with E-state index in [1.54, 1.807) is 24.3 Å². The summed E-state index contributed by atoms with van der Waals surface area (Å²) >= 11 is 0. The van der Waals surface area contributed by atoms with Crippen LogP contribution in [-0.2, 0) is 16.1 Å². The van der Waals surface area contributed by atoms with Crippen LogP contribution >= 0.6 is 0 Å². The first-order chi connectivity index (χ1) is 12.1. The van der Waals surface area contributed by atoms with Gasteiger partial charge in [0.1, 0.15) is 6.61 Å². The van der Waals surface area contributed by atoms with Crippen molar-refractivity contribution in [2.75, 3.05) is 12.4 Å². The van der Waals surface area contributed by atoms with Crippen LogP contribution in [0.2, 0.25) is 0 Å². The van der Waals surface area contributed by atoms with Gasteiger partial charge in [-0.15, -0.1) is 0 Å². The van der Waals surface area contributed by atoms with Gasteiger partial charge in [-0.05, 0) is 41.8 Å². The van der Waals surface area contributed by atoms with E-state index < -0.39 is 12.1 Å². The summed E-state index contributed by atoms with van der Waals surface area (Å²) in [7, 11) is 1.32. The lowest BCUT2D eigenvalue weighted by molar-refractivity contribution is 0.0600. The highest BCUT2D eigenvalue weighted by molar-refractivity contribution is 5.91. The minimum absolute atomic E-state index is 0.184. The average Bonchev–Trinajstić information content (AvgIpc) is 3.37. The van der Waals surface area contributed by atoms with Crippen molar-refractivity contribution in [2.24, 2.45) is 5.73 Å². The molecule has 6 heteroatoms. The van der Waals surface area contributed by atoms with Crippen LogP contribution in [-0.4, -0.2) is 25.2 Å². The maximum atomic E-state index is 11.8. The predicted molar refractivity (Wildman–Crippen MR) is 93.4 cm³/mol. The van der Waals surface area contributed by atoms with Crippen LogP contribution in [0.4, 0.5) is 10.5 Å². The van der Waals surface area contributed by atoms with Gasteiger partial charge in [0.25, 0.3) is 0 Å². The Morgan fingerprint density at radius 3 is 2.32 bits per heavy atom. The van der Waals surface area contributed by atoms with Gasteiger partial charge in [-0.3, -0.25) is 5.32 Å². The SMILES string of the molecule is COC(=O)c1ccc(NC(=O)OCc2ccc([C@@H]3C[C@H]3N)cc2)cc1. The van der Waals surface area contributed by atoms with E-state index in [1.165, 1.54) is 12.7 Å².